The van der Waals surface area contributed by atoms with Gasteiger partial charge in [-0.25, -0.2) is 21.6 Å². The van der Waals surface area contributed by atoms with Crippen molar-refractivity contribution in [3.63, 3.8) is 0 Å². The number of benzene rings is 2. The lowest BCUT2D eigenvalue weighted by molar-refractivity contribution is 0.570. The minimum Gasteiger partial charge on any atom is -0.280 e. The highest BCUT2D eigenvalue weighted by Gasteiger charge is 2.20. The first-order chi connectivity index (χ1) is 13.1. The van der Waals surface area contributed by atoms with E-state index in [4.69, 9.17) is 0 Å². The molecule has 3 aromatic rings. The number of rotatable bonds is 6. The summed E-state index contributed by atoms with van der Waals surface area (Å²) in [7, 11) is -7.54. The smallest absolute Gasteiger partial charge is 0.264 e. The van der Waals surface area contributed by atoms with E-state index in [1.165, 1.54) is 30.3 Å². The number of aryl methyl sites for hydroxylation is 1. The third-order valence-electron chi connectivity index (χ3n) is 3.91. The van der Waals surface area contributed by atoms with Crippen molar-refractivity contribution in [3.8, 4) is 0 Å². The van der Waals surface area contributed by atoms with Gasteiger partial charge in [0.05, 0.1) is 10.4 Å². The summed E-state index contributed by atoms with van der Waals surface area (Å²) in [6, 6.07) is 12.1. The highest BCUT2D eigenvalue weighted by molar-refractivity contribution is 7.93. The Balaban J connectivity index is 1.92. The minimum atomic E-state index is -3.90. The Bertz CT molecular complexity index is 1220. The maximum Gasteiger partial charge on any atom is 0.264 e. The second-order valence-corrected chi connectivity index (χ2v) is 10.1. The van der Waals surface area contributed by atoms with Gasteiger partial charge in [0.2, 0.25) is 10.0 Å². The minimum absolute atomic E-state index is 0.0585. The molecule has 2 aromatic carbocycles. The second-order valence-electron chi connectivity index (χ2n) is 6.75. The second kappa shape index (κ2) is 7.50. The number of anilines is 1. The molecule has 28 heavy (non-hydrogen) atoms. The Morgan fingerprint density at radius 1 is 0.929 bits per heavy atom. The molecular formula is C19H21N3O4S2. The molecule has 7 nitrogen and oxygen atoms in total. The van der Waals surface area contributed by atoms with E-state index in [2.05, 4.69) is 14.4 Å². The van der Waals surface area contributed by atoms with E-state index in [-0.39, 0.29) is 21.5 Å². The summed E-state index contributed by atoms with van der Waals surface area (Å²) in [6.07, 6.45) is 1.61. The van der Waals surface area contributed by atoms with E-state index < -0.39 is 20.0 Å². The fraction of sp³-hybridized carbons (Fsp3) is 0.211. The average Bonchev–Trinajstić information content (AvgIpc) is 2.60. The monoisotopic (exact) mass is 419 g/mol. The molecule has 0 aliphatic heterocycles. The van der Waals surface area contributed by atoms with Crippen molar-refractivity contribution in [2.75, 3.05) is 4.72 Å². The highest BCUT2D eigenvalue weighted by Crippen LogP contribution is 2.24. The number of nitrogens with zero attached hydrogens (tertiary/aromatic N) is 1. The molecule has 0 unspecified atom stereocenters. The molecule has 0 aliphatic rings. The number of nitrogens with one attached hydrogen (secondary N) is 2. The summed E-state index contributed by atoms with van der Waals surface area (Å²) in [5, 5.41) is 0.726. The van der Waals surface area contributed by atoms with Gasteiger partial charge < -0.3 is 0 Å². The largest absolute Gasteiger partial charge is 0.280 e. The summed E-state index contributed by atoms with van der Waals surface area (Å²) in [5.74, 6) is 0. The molecule has 0 radical (unpaired) electrons. The van der Waals surface area contributed by atoms with E-state index in [1.807, 2.05) is 13.0 Å². The molecule has 9 heteroatoms. The van der Waals surface area contributed by atoms with E-state index >= 15 is 0 Å². The molecule has 2 N–H and O–H groups in total. The van der Waals surface area contributed by atoms with E-state index in [1.54, 1.807) is 32.2 Å². The van der Waals surface area contributed by atoms with Crippen LogP contribution in [-0.4, -0.2) is 27.9 Å². The van der Waals surface area contributed by atoms with Crippen molar-refractivity contribution in [2.45, 2.75) is 36.6 Å². The third kappa shape index (κ3) is 4.32. The van der Waals surface area contributed by atoms with Crippen LogP contribution >= 0.6 is 0 Å². The molecule has 0 bridgehead atoms. The van der Waals surface area contributed by atoms with Gasteiger partial charge in [0.25, 0.3) is 10.0 Å². The van der Waals surface area contributed by atoms with Gasteiger partial charge >= 0.3 is 0 Å². The quantitative estimate of drug-likeness (QED) is 0.639. The number of pyridine rings is 1. The molecule has 1 heterocycles. The van der Waals surface area contributed by atoms with Crippen molar-refractivity contribution in [3.05, 3.63) is 60.3 Å². The number of para-hydroxylation sites is 1. The van der Waals surface area contributed by atoms with E-state index in [9.17, 15) is 16.8 Å². The van der Waals surface area contributed by atoms with E-state index in [0.29, 0.717) is 5.52 Å². The molecule has 0 spiro atoms. The lowest BCUT2D eigenvalue weighted by atomic mass is 10.2. The topological polar surface area (TPSA) is 105 Å². The SMILES string of the molecule is Cc1cnc2c(S(=O)(=O)Nc3ccc(S(=O)(=O)NC(C)C)cc3)cccc2c1. The number of hydrogen-bond acceptors (Lipinski definition) is 5. The van der Waals surface area contributed by atoms with Gasteiger partial charge in [0.1, 0.15) is 4.90 Å². The first-order valence-electron chi connectivity index (χ1n) is 8.59. The van der Waals surface area contributed by atoms with Crippen molar-refractivity contribution in [1.29, 1.82) is 0 Å². The molecule has 1 aromatic heterocycles. The van der Waals surface area contributed by atoms with Gasteiger partial charge in [-0.15, -0.1) is 0 Å². The van der Waals surface area contributed by atoms with Crippen LogP contribution in [0, 0.1) is 6.92 Å². The van der Waals surface area contributed by atoms with Crippen LogP contribution in [0.2, 0.25) is 0 Å². The van der Waals surface area contributed by atoms with Crippen molar-refractivity contribution >= 4 is 36.6 Å². The van der Waals surface area contributed by atoms with Gasteiger partial charge in [0, 0.05) is 23.3 Å². The van der Waals surface area contributed by atoms with Crippen molar-refractivity contribution in [1.82, 2.24) is 9.71 Å². The molecule has 0 amide bonds. The zero-order chi connectivity index (χ0) is 20.5. The van der Waals surface area contributed by atoms with Crippen LogP contribution in [0.1, 0.15) is 19.4 Å². The molecular weight excluding hydrogens is 398 g/mol. The number of fused-ring (bicyclic) bond motifs is 1. The fourth-order valence-corrected chi connectivity index (χ4v) is 5.24. The predicted octanol–water partition coefficient (Wildman–Crippen LogP) is 3.03. The Morgan fingerprint density at radius 3 is 2.25 bits per heavy atom. The van der Waals surface area contributed by atoms with Gasteiger partial charge in [-0.3, -0.25) is 9.71 Å². The molecule has 0 saturated heterocycles. The lowest BCUT2D eigenvalue weighted by Crippen LogP contribution is -2.30. The lowest BCUT2D eigenvalue weighted by Gasteiger charge is -2.12. The third-order valence-corrected chi connectivity index (χ3v) is 7.00. The van der Waals surface area contributed by atoms with Crippen LogP contribution in [-0.2, 0) is 20.0 Å². The summed E-state index contributed by atoms with van der Waals surface area (Å²) >= 11 is 0. The molecule has 3 rings (SSSR count). The Hall–Kier alpha value is -2.49. The molecule has 148 valence electrons. The van der Waals surface area contributed by atoms with Crippen LogP contribution in [0.3, 0.4) is 0 Å². The van der Waals surface area contributed by atoms with Crippen LogP contribution < -0.4 is 9.44 Å². The zero-order valence-electron chi connectivity index (χ0n) is 15.7. The molecule has 0 saturated carbocycles. The normalized spacial score (nSPS) is 12.4. The van der Waals surface area contributed by atoms with Crippen LogP contribution in [0.15, 0.2) is 64.5 Å². The zero-order valence-corrected chi connectivity index (χ0v) is 17.3. The summed E-state index contributed by atoms with van der Waals surface area (Å²) in [5.41, 5.74) is 1.57. The first-order valence-corrected chi connectivity index (χ1v) is 11.6. The summed E-state index contributed by atoms with van der Waals surface area (Å²) in [6.45, 7) is 5.33. The van der Waals surface area contributed by atoms with Gasteiger partial charge in [0.15, 0.2) is 0 Å². The van der Waals surface area contributed by atoms with E-state index in [0.717, 1.165) is 10.9 Å². The van der Waals surface area contributed by atoms with Gasteiger partial charge in [-0.1, -0.05) is 12.1 Å². The van der Waals surface area contributed by atoms with Crippen molar-refractivity contribution < 1.29 is 16.8 Å². The van der Waals surface area contributed by atoms with Gasteiger partial charge in [-0.05, 0) is 62.7 Å². The number of hydrogen-bond donors (Lipinski definition) is 2. The maximum atomic E-state index is 12.8. The highest BCUT2D eigenvalue weighted by atomic mass is 32.2. The first kappa shape index (κ1) is 20.2. The van der Waals surface area contributed by atoms with Crippen molar-refractivity contribution in [2.24, 2.45) is 0 Å². The number of aromatic nitrogens is 1. The Kier molecular flexibility index (Phi) is 5.42. The maximum absolute atomic E-state index is 12.8. The standard InChI is InChI=1S/C19H21N3O4S2/c1-13(2)21-27(23,24)17-9-7-16(8-10-17)22-28(25,26)18-6-4-5-15-11-14(3)12-20-19(15)18/h4-13,21-22H,1-3H3. The Morgan fingerprint density at radius 2 is 1.61 bits per heavy atom. The summed E-state index contributed by atoms with van der Waals surface area (Å²) < 4.78 is 55.0. The molecule has 0 fully saturated rings. The molecule has 0 atom stereocenters. The molecule has 0 aliphatic carbocycles. The predicted molar refractivity (Wildman–Crippen MR) is 109 cm³/mol. The Labute approximate surface area is 164 Å². The number of sulfonamides is 2. The van der Waals surface area contributed by atoms with Crippen LogP contribution in [0.25, 0.3) is 10.9 Å². The fourth-order valence-electron chi connectivity index (χ4n) is 2.75. The van der Waals surface area contributed by atoms with Gasteiger partial charge in [-0.2, -0.15) is 0 Å². The average molecular weight is 420 g/mol. The summed E-state index contributed by atoms with van der Waals surface area (Å²) in [4.78, 5) is 4.38. The van der Waals surface area contributed by atoms with Crippen LogP contribution in [0.4, 0.5) is 5.69 Å². The van der Waals surface area contributed by atoms with Crippen LogP contribution in [0.5, 0.6) is 0 Å².